The maximum absolute atomic E-state index is 12.8. The average molecular weight is 344 g/mol. The predicted molar refractivity (Wildman–Crippen MR) is 95.9 cm³/mol. The number of ether oxygens (including phenoxy) is 1. The van der Waals surface area contributed by atoms with Crippen molar-refractivity contribution in [3.8, 4) is 0 Å². The standard InChI is InChI=1S/C19H24O4Si/c1-13(20)23-19-16(11-7-8-12-24(2,3)4)17(21)14-9-5-6-10-15(14)18(19)22/h5-6,9-10H,7-8,11-12H2,1-4H3. The lowest BCUT2D eigenvalue weighted by Crippen LogP contribution is -2.25. The summed E-state index contributed by atoms with van der Waals surface area (Å²) in [5.74, 6) is -1.24. The van der Waals surface area contributed by atoms with Crippen LogP contribution in [-0.2, 0) is 9.53 Å². The highest BCUT2D eigenvalue weighted by atomic mass is 28.3. The van der Waals surface area contributed by atoms with Gasteiger partial charge in [0.05, 0.1) is 0 Å². The Hall–Kier alpha value is -2.01. The quantitative estimate of drug-likeness (QED) is 0.436. The molecule has 4 nitrogen and oxygen atoms in total. The van der Waals surface area contributed by atoms with E-state index in [0.29, 0.717) is 23.1 Å². The molecule has 1 aliphatic rings. The number of hydrogen-bond acceptors (Lipinski definition) is 4. The Morgan fingerprint density at radius 2 is 1.58 bits per heavy atom. The number of rotatable bonds is 6. The van der Waals surface area contributed by atoms with Gasteiger partial charge in [-0.15, -0.1) is 0 Å². The van der Waals surface area contributed by atoms with Gasteiger partial charge < -0.3 is 4.74 Å². The number of benzene rings is 1. The van der Waals surface area contributed by atoms with Gasteiger partial charge in [0.15, 0.2) is 11.5 Å². The van der Waals surface area contributed by atoms with Crippen LogP contribution in [0.1, 0.15) is 46.9 Å². The minimum absolute atomic E-state index is 0.0841. The van der Waals surface area contributed by atoms with Crippen LogP contribution < -0.4 is 0 Å². The van der Waals surface area contributed by atoms with Gasteiger partial charge in [0.2, 0.25) is 5.78 Å². The van der Waals surface area contributed by atoms with E-state index in [0.717, 1.165) is 12.8 Å². The van der Waals surface area contributed by atoms with E-state index in [1.165, 1.54) is 13.0 Å². The number of fused-ring (bicyclic) bond motifs is 1. The van der Waals surface area contributed by atoms with E-state index in [4.69, 9.17) is 4.74 Å². The first kappa shape index (κ1) is 18.3. The van der Waals surface area contributed by atoms with E-state index in [-0.39, 0.29) is 17.3 Å². The van der Waals surface area contributed by atoms with Gasteiger partial charge in [-0.05, 0) is 12.8 Å². The normalized spacial score (nSPS) is 14.7. The third-order valence-electron chi connectivity index (χ3n) is 4.02. The fourth-order valence-electron chi connectivity index (χ4n) is 2.84. The minimum atomic E-state index is -1.13. The second-order valence-corrected chi connectivity index (χ2v) is 13.0. The molecule has 1 aromatic rings. The number of Topliss-reactive ketones (excluding diaryl/α,β-unsaturated/α-hetero) is 2. The molecule has 0 atom stereocenters. The van der Waals surface area contributed by atoms with Gasteiger partial charge in [-0.25, -0.2) is 0 Å². The molecule has 0 aromatic heterocycles. The number of unbranched alkanes of at least 4 members (excludes halogenated alkanes) is 1. The van der Waals surface area contributed by atoms with Gasteiger partial charge in [0.25, 0.3) is 0 Å². The van der Waals surface area contributed by atoms with Gasteiger partial charge in [-0.2, -0.15) is 0 Å². The van der Waals surface area contributed by atoms with Crippen molar-refractivity contribution in [2.75, 3.05) is 0 Å². The van der Waals surface area contributed by atoms with Gasteiger partial charge in [-0.1, -0.05) is 56.4 Å². The Bertz CT molecular complexity index is 710. The van der Waals surface area contributed by atoms with Crippen LogP contribution in [-0.4, -0.2) is 25.6 Å². The van der Waals surface area contributed by atoms with E-state index in [2.05, 4.69) is 19.6 Å². The van der Waals surface area contributed by atoms with Gasteiger partial charge in [0.1, 0.15) is 0 Å². The summed E-state index contributed by atoms with van der Waals surface area (Å²) in [4.78, 5) is 36.7. The third kappa shape index (κ3) is 4.29. The third-order valence-corrected chi connectivity index (χ3v) is 5.87. The first-order valence-electron chi connectivity index (χ1n) is 8.31. The van der Waals surface area contributed by atoms with Crippen molar-refractivity contribution in [1.82, 2.24) is 0 Å². The predicted octanol–water partition coefficient (Wildman–Crippen LogP) is 4.39. The van der Waals surface area contributed by atoms with E-state index in [9.17, 15) is 14.4 Å². The maximum atomic E-state index is 12.8. The molecule has 0 saturated carbocycles. The summed E-state index contributed by atoms with van der Waals surface area (Å²) < 4.78 is 5.12. The zero-order valence-electron chi connectivity index (χ0n) is 14.8. The van der Waals surface area contributed by atoms with Crippen molar-refractivity contribution < 1.29 is 19.1 Å². The summed E-state index contributed by atoms with van der Waals surface area (Å²) in [6.07, 6.45) is 2.28. The lowest BCUT2D eigenvalue weighted by molar-refractivity contribution is -0.136. The van der Waals surface area contributed by atoms with Gasteiger partial charge >= 0.3 is 5.97 Å². The van der Waals surface area contributed by atoms with E-state index in [1.807, 2.05) is 0 Å². The van der Waals surface area contributed by atoms with Crippen molar-refractivity contribution >= 4 is 25.6 Å². The van der Waals surface area contributed by atoms with Crippen LogP contribution in [0.5, 0.6) is 0 Å². The summed E-state index contributed by atoms with van der Waals surface area (Å²) in [6.45, 7) is 8.17. The molecular weight excluding hydrogens is 320 g/mol. The maximum Gasteiger partial charge on any atom is 0.308 e. The van der Waals surface area contributed by atoms with Crippen molar-refractivity contribution in [2.45, 2.75) is 51.9 Å². The molecule has 0 unspecified atom stereocenters. The molecule has 1 aliphatic carbocycles. The summed E-state index contributed by atoms with van der Waals surface area (Å²) >= 11 is 0. The topological polar surface area (TPSA) is 60.4 Å². The molecule has 0 heterocycles. The molecule has 0 spiro atoms. The first-order valence-corrected chi connectivity index (χ1v) is 12.0. The van der Waals surface area contributed by atoms with Crippen LogP contribution in [0.3, 0.4) is 0 Å². The number of carbonyl (C=O) groups excluding carboxylic acids is 3. The van der Waals surface area contributed by atoms with Crippen molar-refractivity contribution in [1.29, 1.82) is 0 Å². The number of esters is 1. The number of allylic oxidation sites excluding steroid dienone is 2. The number of carbonyl (C=O) groups is 3. The number of hydrogen-bond donors (Lipinski definition) is 0. The van der Waals surface area contributed by atoms with Crippen molar-refractivity contribution in [3.05, 3.63) is 46.7 Å². The molecule has 128 valence electrons. The summed E-state index contributed by atoms with van der Waals surface area (Å²) in [7, 11) is -1.13. The molecule has 0 saturated heterocycles. The van der Waals surface area contributed by atoms with Crippen LogP contribution in [0.2, 0.25) is 25.7 Å². The first-order chi connectivity index (χ1) is 11.2. The fourth-order valence-corrected chi connectivity index (χ4v) is 4.15. The smallest absolute Gasteiger partial charge is 0.308 e. The zero-order valence-corrected chi connectivity index (χ0v) is 15.8. The molecular formula is C19H24O4Si. The van der Waals surface area contributed by atoms with Crippen LogP contribution in [0.15, 0.2) is 35.6 Å². The minimum Gasteiger partial charge on any atom is -0.422 e. The highest BCUT2D eigenvalue weighted by Crippen LogP contribution is 2.30. The SMILES string of the molecule is CC(=O)OC1=C(CCCC[Si](C)(C)C)C(=O)c2ccccc2C1=O. The Balaban J connectivity index is 2.27. The van der Waals surface area contributed by atoms with Crippen LogP contribution in [0, 0.1) is 0 Å². The molecule has 0 radical (unpaired) electrons. The molecule has 2 rings (SSSR count). The molecule has 0 fully saturated rings. The molecule has 5 heteroatoms. The summed E-state index contributed by atoms with van der Waals surface area (Å²) in [6, 6.07) is 7.86. The Morgan fingerprint density at radius 3 is 2.12 bits per heavy atom. The molecule has 0 N–H and O–H groups in total. The van der Waals surface area contributed by atoms with Crippen LogP contribution in [0.4, 0.5) is 0 Å². The van der Waals surface area contributed by atoms with E-state index in [1.54, 1.807) is 24.3 Å². The highest BCUT2D eigenvalue weighted by Gasteiger charge is 2.33. The Morgan fingerprint density at radius 1 is 1.00 bits per heavy atom. The molecule has 0 bridgehead atoms. The summed E-state index contributed by atoms with van der Waals surface area (Å²) in [5, 5.41) is 0. The largest absolute Gasteiger partial charge is 0.422 e. The lowest BCUT2D eigenvalue weighted by atomic mass is 9.86. The molecule has 24 heavy (non-hydrogen) atoms. The second-order valence-electron chi connectivity index (χ2n) is 7.37. The molecule has 0 amide bonds. The highest BCUT2D eigenvalue weighted by molar-refractivity contribution is 6.76. The Kier molecular flexibility index (Phi) is 5.54. The van der Waals surface area contributed by atoms with Gasteiger partial charge in [-0.3, -0.25) is 14.4 Å². The van der Waals surface area contributed by atoms with Crippen molar-refractivity contribution in [2.24, 2.45) is 0 Å². The fraction of sp³-hybridized carbons (Fsp3) is 0.421. The van der Waals surface area contributed by atoms with E-state index >= 15 is 0 Å². The van der Waals surface area contributed by atoms with Crippen LogP contribution in [0.25, 0.3) is 0 Å². The monoisotopic (exact) mass is 344 g/mol. The molecule has 1 aromatic carbocycles. The average Bonchev–Trinajstić information content (AvgIpc) is 2.50. The van der Waals surface area contributed by atoms with Gasteiger partial charge in [0, 0.05) is 31.7 Å². The lowest BCUT2D eigenvalue weighted by Gasteiger charge is -2.20. The second kappa shape index (κ2) is 7.26. The summed E-state index contributed by atoms with van der Waals surface area (Å²) in [5.41, 5.74) is 1.05. The zero-order chi connectivity index (χ0) is 17.9. The molecule has 0 aliphatic heterocycles. The Labute approximate surface area is 143 Å². The van der Waals surface area contributed by atoms with Crippen molar-refractivity contribution in [3.63, 3.8) is 0 Å². The van der Waals surface area contributed by atoms with Crippen LogP contribution >= 0.6 is 0 Å². The number of ketones is 2. The van der Waals surface area contributed by atoms with E-state index < -0.39 is 14.0 Å².